The number of hydrogen-bond donors (Lipinski definition) is 4. The summed E-state index contributed by atoms with van der Waals surface area (Å²) in [6, 6.07) is 0. The van der Waals surface area contributed by atoms with Crippen molar-refractivity contribution in [1.82, 2.24) is 9.80 Å². The molecule has 0 bridgehead atoms. The molecular weight excluding hydrogens is 320 g/mol. The van der Waals surface area contributed by atoms with Gasteiger partial charge in [0.25, 0.3) is 0 Å². The summed E-state index contributed by atoms with van der Waals surface area (Å²) in [4.78, 5) is 60.6. The lowest BCUT2D eigenvalue weighted by Gasteiger charge is -2.23. The number of carbonyl (C=O) groups is 4. The van der Waals surface area contributed by atoms with Gasteiger partial charge in [0.1, 0.15) is 0 Å². The van der Waals surface area contributed by atoms with Gasteiger partial charge in [-0.3, -0.25) is 29.0 Å². The molecule has 0 radical (unpaired) electrons. The van der Waals surface area contributed by atoms with Crippen LogP contribution in [-0.4, -0.2) is 99.5 Å². The molecule has 0 heterocycles. The Hall–Kier alpha value is -2.82. The molecule has 0 saturated carbocycles. The maximum absolute atomic E-state index is 10.6. The Bertz CT molecular complexity index is 390. The van der Waals surface area contributed by atoms with E-state index in [0.29, 0.717) is 0 Å². The van der Waals surface area contributed by atoms with Gasteiger partial charge in [-0.15, -0.1) is 0 Å². The lowest BCUT2D eigenvalue weighted by molar-refractivity contribution is -0.191. The first-order valence-corrected chi connectivity index (χ1v) is 5.93. The molecule has 0 aliphatic rings. The Morgan fingerprint density at radius 3 is 0.913 bits per heavy atom. The van der Waals surface area contributed by atoms with Crippen LogP contribution in [0, 0.1) is 0 Å². The number of rotatable bonds is 11. The SMILES string of the molecule is O=C(O)CN(CCN(CC(=O)O)CC(=O)O)CC(=O)O.O=C=O. The highest BCUT2D eigenvalue weighted by Crippen LogP contribution is 1.94. The second-order valence-electron chi connectivity index (χ2n) is 4.08. The Morgan fingerprint density at radius 2 is 0.783 bits per heavy atom. The zero-order valence-corrected chi connectivity index (χ0v) is 11.9. The molecule has 23 heavy (non-hydrogen) atoms. The number of aliphatic carboxylic acids is 4. The number of carboxylic acid groups (broad SMARTS) is 4. The van der Waals surface area contributed by atoms with E-state index < -0.39 is 50.1 Å². The summed E-state index contributed by atoms with van der Waals surface area (Å²) in [5, 5.41) is 34.5. The highest BCUT2D eigenvalue weighted by atomic mass is 16.4. The third-order valence-electron chi connectivity index (χ3n) is 2.17. The molecule has 0 aromatic carbocycles. The minimum absolute atomic E-state index is 0.0703. The summed E-state index contributed by atoms with van der Waals surface area (Å²) in [6.07, 6.45) is 0.250. The average Bonchev–Trinajstić information content (AvgIpc) is 2.33. The van der Waals surface area contributed by atoms with Gasteiger partial charge in [-0.1, -0.05) is 0 Å². The van der Waals surface area contributed by atoms with Gasteiger partial charge in [-0.05, 0) is 0 Å². The molecule has 4 N–H and O–H groups in total. The summed E-state index contributed by atoms with van der Waals surface area (Å²) in [5.74, 6) is -4.91. The molecular formula is C11H16N2O10. The zero-order chi connectivity index (χ0) is 18.4. The van der Waals surface area contributed by atoms with Crippen molar-refractivity contribution in [2.24, 2.45) is 0 Å². The maximum Gasteiger partial charge on any atom is 0.373 e. The van der Waals surface area contributed by atoms with Crippen LogP contribution in [0.3, 0.4) is 0 Å². The second-order valence-corrected chi connectivity index (χ2v) is 4.08. The Balaban J connectivity index is 0. The fraction of sp³-hybridized carbons (Fsp3) is 0.545. The van der Waals surface area contributed by atoms with Gasteiger partial charge < -0.3 is 20.4 Å². The van der Waals surface area contributed by atoms with E-state index in [9.17, 15) is 19.2 Å². The van der Waals surface area contributed by atoms with Crippen molar-refractivity contribution >= 4 is 30.0 Å². The zero-order valence-electron chi connectivity index (χ0n) is 11.9. The van der Waals surface area contributed by atoms with Gasteiger partial charge >= 0.3 is 30.0 Å². The molecule has 0 unspecified atom stereocenters. The third-order valence-corrected chi connectivity index (χ3v) is 2.17. The summed E-state index contributed by atoms with van der Waals surface area (Å²) >= 11 is 0. The molecule has 0 aliphatic carbocycles. The van der Waals surface area contributed by atoms with Crippen molar-refractivity contribution in [3.05, 3.63) is 0 Å². The van der Waals surface area contributed by atoms with E-state index in [2.05, 4.69) is 0 Å². The molecule has 0 aliphatic heterocycles. The fourth-order valence-electron chi connectivity index (χ4n) is 1.48. The van der Waals surface area contributed by atoms with Crippen LogP contribution in [-0.2, 0) is 28.8 Å². The van der Waals surface area contributed by atoms with Crippen molar-refractivity contribution in [2.45, 2.75) is 0 Å². The first-order chi connectivity index (χ1) is 10.6. The number of carboxylic acids is 4. The highest BCUT2D eigenvalue weighted by Gasteiger charge is 2.17. The molecule has 0 amide bonds. The molecule has 130 valence electrons. The van der Waals surface area contributed by atoms with E-state index in [-0.39, 0.29) is 19.2 Å². The van der Waals surface area contributed by atoms with Crippen LogP contribution in [0.4, 0.5) is 0 Å². The molecule has 0 aromatic rings. The third kappa shape index (κ3) is 17.1. The molecule has 0 spiro atoms. The van der Waals surface area contributed by atoms with E-state index in [1.165, 1.54) is 0 Å². The fourth-order valence-corrected chi connectivity index (χ4v) is 1.48. The molecule has 12 heteroatoms. The van der Waals surface area contributed by atoms with Crippen LogP contribution in [0.15, 0.2) is 0 Å². The van der Waals surface area contributed by atoms with Crippen molar-refractivity contribution in [1.29, 1.82) is 0 Å². The molecule has 0 aromatic heterocycles. The van der Waals surface area contributed by atoms with Crippen LogP contribution in [0.1, 0.15) is 0 Å². The van der Waals surface area contributed by atoms with Gasteiger partial charge in [0.15, 0.2) is 0 Å². The van der Waals surface area contributed by atoms with E-state index >= 15 is 0 Å². The smallest absolute Gasteiger partial charge is 0.373 e. The van der Waals surface area contributed by atoms with E-state index in [0.717, 1.165) is 9.80 Å². The predicted octanol–water partition coefficient (Wildman–Crippen LogP) is -2.65. The largest absolute Gasteiger partial charge is 0.480 e. The number of nitrogens with zero attached hydrogens (tertiary/aromatic N) is 2. The molecule has 12 nitrogen and oxygen atoms in total. The minimum atomic E-state index is -1.23. The topological polar surface area (TPSA) is 190 Å². The Labute approximate surface area is 129 Å². The number of hydrogen-bond acceptors (Lipinski definition) is 8. The molecule has 0 saturated heterocycles. The monoisotopic (exact) mass is 336 g/mol. The lowest BCUT2D eigenvalue weighted by Crippen LogP contribution is -2.43. The minimum Gasteiger partial charge on any atom is -0.480 e. The molecule has 0 rings (SSSR count). The van der Waals surface area contributed by atoms with Gasteiger partial charge in [0.2, 0.25) is 0 Å². The molecule has 0 fully saturated rings. The predicted molar refractivity (Wildman–Crippen MR) is 68.4 cm³/mol. The highest BCUT2D eigenvalue weighted by molar-refractivity contribution is 5.73. The standard InChI is InChI=1S/C10H16N2O8.CO2/c13-7(14)3-11(4-8(15)16)1-2-12(5-9(17)18)6-10(19)20;2-1-3/h1-6H2,(H,13,14)(H,15,16)(H,17,18)(H,19,20);. The van der Waals surface area contributed by atoms with E-state index in [4.69, 9.17) is 30.0 Å². The van der Waals surface area contributed by atoms with Gasteiger partial charge in [0.05, 0.1) is 26.2 Å². The van der Waals surface area contributed by atoms with Crippen molar-refractivity contribution < 1.29 is 49.2 Å². The Morgan fingerprint density at radius 1 is 0.609 bits per heavy atom. The summed E-state index contributed by atoms with van der Waals surface area (Å²) in [5.41, 5.74) is 0. The summed E-state index contributed by atoms with van der Waals surface area (Å²) in [6.45, 7) is -2.25. The normalized spacial score (nSPS) is 9.65. The lowest BCUT2D eigenvalue weighted by atomic mass is 10.4. The van der Waals surface area contributed by atoms with Crippen LogP contribution in [0.2, 0.25) is 0 Å². The first kappa shape index (κ1) is 22.5. The van der Waals surface area contributed by atoms with Crippen LogP contribution in [0.5, 0.6) is 0 Å². The van der Waals surface area contributed by atoms with Crippen LogP contribution < -0.4 is 0 Å². The quantitative estimate of drug-likeness (QED) is 0.307. The van der Waals surface area contributed by atoms with Crippen LogP contribution >= 0.6 is 0 Å². The van der Waals surface area contributed by atoms with Gasteiger partial charge in [-0.25, -0.2) is 0 Å². The average molecular weight is 336 g/mol. The maximum atomic E-state index is 10.6. The first-order valence-electron chi connectivity index (χ1n) is 5.93. The van der Waals surface area contributed by atoms with Crippen LogP contribution in [0.25, 0.3) is 0 Å². The molecule has 0 atom stereocenters. The van der Waals surface area contributed by atoms with E-state index in [1.807, 2.05) is 0 Å². The van der Waals surface area contributed by atoms with E-state index in [1.54, 1.807) is 0 Å². The van der Waals surface area contributed by atoms with Crippen molar-refractivity contribution in [2.75, 3.05) is 39.3 Å². The van der Waals surface area contributed by atoms with Crippen molar-refractivity contribution in [3.8, 4) is 0 Å². The second kappa shape index (κ2) is 12.9. The Kier molecular flexibility index (Phi) is 12.6. The van der Waals surface area contributed by atoms with Gasteiger partial charge in [0, 0.05) is 13.1 Å². The number of carbonyl (C=O) groups excluding carboxylic acids is 2. The van der Waals surface area contributed by atoms with Crippen molar-refractivity contribution in [3.63, 3.8) is 0 Å². The van der Waals surface area contributed by atoms with Gasteiger partial charge in [-0.2, -0.15) is 9.59 Å². The summed E-state index contributed by atoms with van der Waals surface area (Å²) < 4.78 is 0. The summed E-state index contributed by atoms with van der Waals surface area (Å²) in [7, 11) is 0.